The lowest BCUT2D eigenvalue weighted by atomic mass is 10.0. The average Bonchev–Trinajstić information content (AvgIpc) is 2.44. The molecule has 0 bridgehead atoms. The first-order valence-electron chi connectivity index (χ1n) is 7.07. The van der Waals surface area contributed by atoms with Crippen molar-refractivity contribution in [3.63, 3.8) is 0 Å². The molecule has 0 unspecified atom stereocenters. The van der Waals surface area contributed by atoms with Gasteiger partial charge in [-0.25, -0.2) is 4.39 Å². The number of rotatable bonds is 4. The highest BCUT2D eigenvalue weighted by Crippen LogP contribution is 2.20. The molecule has 21 heavy (non-hydrogen) atoms. The highest BCUT2D eigenvalue weighted by molar-refractivity contribution is 5.97. The van der Waals surface area contributed by atoms with E-state index in [-0.39, 0.29) is 35.9 Å². The van der Waals surface area contributed by atoms with Gasteiger partial charge in [-0.1, -0.05) is 0 Å². The molecule has 1 aliphatic heterocycles. The molecule has 0 spiro atoms. The maximum absolute atomic E-state index is 12.8. The van der Waals surface area contributed by atoms with Crippen LogP contribution in [0, 0.1) is 5.82 Å². The van der Waals surface area contributed by atoms with E-state index < -0.39 is 0 Å². The van der Waals surface area contributed by atoms with Crippen LogP contribution in [0.15, 0.2) is 24.3 Å². The zero-order chi connectivity index (χ0) is 15.5. The molecule has 2 rings (SSSR count). The molecule has 0 atom stereocenters. The van der Waals surface area contributed by atoms with Gasteiger partial charge in [0.05, 0.1) is 18.8 Å². The number of ketones is 1. The zero-order valence-corrected chi connectivity index (χ0v) is 12.4. The summed E-state index contributed by atoms with van der Waals surface area (Å²) in [5.41, 5.74) is 0.0966. The predicted octanol–water partition coefficient (Wildman–Crippen LogP) is 2.43. The lowest BCUT2D eigenvalue weighted by Gasteiger charge is -2.42. The molecular weight excluding hydrogens is 273 g/mol. The molecule has 1 heterocycles. The van der Waals surface area contributed by atoms with Crippen molar-refractivity contribution in [2.45, 2.75) is 32.2 Å². The predicted molar refractivity (Wildman–Crippen MR) is 76.6 cm³/mol. The summed E-state index contributed by atoms with van der Waals surface area (Å²) in [6, 6.07) is 5.39. The first-order chi connectivity index (χ1) is 9.90. The number of carbonyl (C=O) groups excluding carboxylic acids is 2. The molecule has 0 N–H and O–H groups in total. The molecule has 114 valence electrons. The Labute approximate surface area is 123 Å². The summed E-state index contributed by atoms with van der Waals surface area (Å²) in [4.78, 5) is 26.0. The molecule has 4 nitrogen and oxygen atoms in total. The standard InChI is InChI=1S/C16H20FNO3/c1-16(2)11-21-10-9-18(16)15(20)8-7-14(19)12-3-5-13(17)6-4-12/h3-6H,7-11H2,1-2H3. The van der Waals surface area contributed by atoms with Gasteiger partial charge in [0, 0.05) is 24.9 Å². The molecule has 0 saturated carbocycles. The van der Waals surface area contributed by atoms with Gasteiger partial charge in [-0.05, 0) is 38.1 Å². The van der Waals surface area contributed by atoms with Gasteiger partial charge in [0.25, 0.3) is 0 Å². The van der Waals surface area contributed by atoms with Gasteiger partial charge in [-0.3, -0.25) is 9.59 Å². The van der Waals surface area contributed by atoms with Crippen LogP contribution in [0.1, 0.15) is 37.0 Å². The van der Waals surface area contributed by atoms with Gasteiger partial charge in [0.1, 0.15) is 5.82 Å². The smallest absolute Gasteiger partial charge is 0.223 e. The largest absolute Gasteiger partial charge is 0.377 e. The molecule has 1 amide bonds. The summed E-state index contributed by atoms with van der Waals surface area (Å²) in [6.07, 6.45) is 0.303. The molecular formula is C16H20FNO3. The van der Waals surface area contributed by atoms with Gasteiger partial charge < -0.3 is 9.64 Å². The van der Waals surface area contributed by atoms with Crippen molar-refractivity contribution in [2.75, 3.05) is 19.8 Å². The maximum atomic E-state index is 12.8. The van der Waals surface area contributed by atoms with E-state index in [1.807, 2.05) is 13.8 Å². The minimum absolute atomic E-state index is 0.0428. The van der Waals surface area contributed by atoms with Gasteiger partial charge in [0.2, 0.25) is 5.91 Å². The number of halogens is 1. The molecule has 0 radical (unpaired) electrons. The van der Waals surface area contributed by atoms with E-state index in [1.165, 1.54) is 24.3 Å². The van der Waals surface area contributed by atoms with E-state index in [1.54, 1.807) is 4.90 Å². The number of carbonyl (C=O) groups is 2. The molecule has 1 aromatic carbocycles. The first-order valence-corrected chi connectivity index (χ1v) is 7.07. The summed E-state index contributed by atoms with van der Waals surface area (Å²) < 4.78 is 18.2. The third-order valence-electron chi connectivity index (χ3n) is 3.68. The second-order valence-electron chi connectivity index (χ2n) is 5.84. The second kappa shape index (κ2) is 6.35. The summed E-state index contributed by atoms with van der Waals surface area (Å²) >= 11 is 0. The maximum Gasteiger partial charge on any atom is 0.223 e. The average molecular weight is 293 g/mol. The van der Waals surface area contributed by atoms with Crippen molar-refractivity contribution in [1.82, 2.24) is 4.90 Å². The number of hydrogen-bond donors (Lipinski definition) is 0. The van der Waals surface area contributed by atoms with Gasteiger partial charge in [0.15, 0.2) is 5.78 Å². The Bertz CT molecular complexity index is 525. The lowest BCUT2D eigenvalue weighted by Crippen LogP contribution is -2.55. The Morgan fingerprint density at radius 2 is 1.90 bits per heavy atom. The molecule has 5 heteroatoms. The highest BCUT2D eigenvalue weighted by atomic mass is 19.1. The Morgan fingerprint density at radius 1 is 1.24 bits per heavy atom. The summed E-state index contributed by atoms with van der Waals surface area (Å²) in [5, 5.41) is 0. The van der Waals surface area contributed by atoms with Crippen LogP contribution in [0.4, 0.5) is 4.39 Å². The van der Waals surface area contributed by atoms with Crippen LogP contribution in [0.25, 0.3) is 0 Å². The SMILES string of the molecule is CC1(C)COCCN1C(=O)CCC(=O)c1ccc(F)cc1. The van der Waals surface area contributed by atoms with Crippen molar-refractivity contribution in [3.8, 4) is 0 Å². The number of amides is 1. The monoisotopic (exact) mass is 293 g/mol. The van der Waals surface area contributed by atoms with Crippen LogP contribution in [0.3, 0.4) is 0 Å². The highest BCUT2D eigenvalue weighted by Gasteiger charge is 2.33. The number of hydrogen-bond acceptors (Lipinski definition) is 3. The summed E-state index contributed by atoms with van der Waals surface area (Å²) in [7, 11) is 0. The fourth-order valence-electron chi connectivity index (χ4n) is 2.46. The second-order valence-corrected chi connectivity index (χ2v) is 5.84. The van der Waals surface area contributed by atoms with Crippen molar-refractivity contribution in [1.29, 1.82) is 0 Å². The third-order valence-corrected chi connectivity index (χ3v) is 3.68. The molecule has 0 aliphatic carbocycles. The Kier molecular flexibility index (Phi) is 4.73. The van der Waals surface area contributed by atoms with Crippen molar-refractivity contribution in [2.24, 2.45) is 0 Å². The minimum atomic E-state index is -0.377. The number of ether oxygens (including phenoxy) is 1. The quantitative estimate of drug-likeness (QED) is 0.801. The van der Waals surface area contributed by atoms with Crippen molar-refractivity contribution < 1.29 is 18.7 Å². The summed E-state index contributed by atoms with van der Waals surface area (Å²) in [5.74, 6) is -0.564. The van der Waals surface area contributed by atoms with Gasteiger partial charge >= 0.3 is 0 Å². The third kappa shape index (κ3) is 3.88. The Morgan fingerprint density at radius 3 is 2.52 bits per heavy atom. The Balaban J connectivity index is 1.91. The van der Waals surface area contributed by atoms with Crippen LogP contribution in [0.5, 0.6) is 0 Å². The normalized spacial score (nSPS) is 17.6. The van der Waals surface area contributed by atoms with Gasteiger partial charge in [-0.15, -0.1) is 0 Å². The molecule has 1 aliphatic rings. The van der Waals surface area contributed by atoms with E-state index in [0.29, 0.717) is 25.3 Å². The minimum Gasteiger partial charge on any atom is -0.377 e. The van der Waals surface area contributed by atoms with E-state index >= 15 is 0 Å². The van der Waals surface area contributed by atoms with Crippen LogP contribution in [0.2, 0.25) is 0 Å². The molecule has 1 saturated heterocycles. The molecule has 0 aromatic heterocycles. The fourth-order valence-corrected chi connectivity index (χ4v) is 2.46. The fraction of sp³-hybridized carbons (Fsp3) is 0.500. The molecule has 1 aromatic rings. The van der Waals surface area contributed by atoms with Crippen LogP contribution >= 0.6 is 0 Å². The first kappa shape index (κ1) is 15.6. The van der Waals surface area contributed by atoms with E-state index in [0.717, 1.165) is 0 Å². The van der Waals surface area contributed by atoms with E-state index in [9.17, 15) is 14.0 Å². The van der Waals surface area contributed by atoms with Crippen LogP contribution in [-0.2, 0) is 9.53 Å². The molecule has 1 fully saturated rings. The summed E-state index contributed by atoms with van der Waals surface area (Å²) in [6.45, 7) is 5.49. The van der Waals surface area contributed by atoms with Crippen LogP contribution in [-0.4, -0.2) is 41.9 Å². The topological polar surface area (TPSA) is 46.6 Å². The van der Waals surface area contributed by atoms with Gasteiger partial charge in [-0.2, -0.15) is 0 Å². The van der Waals surface area contributed by atoms with E-state index in [2.05, 4.69) is 0 Å². The lowest BCUT2D eigenvalue weighted by molar-refractivity contribution is -0.146. The Hall–Kier alpha value is -1.75. The number of benzene rings is 1. The number of morpholine rings is 1. The number of nitrogens with zero attached hydrogens (tertiary/aromatic N) is 1. The number of Topliss-reactive ketones (excluding diaryl/α,β-unsaturated/α-hetero) is 1. The van der Waals surface area contributed by atoms with Crippen molar-refractivity contribution >= 4 is 11.7 Å². The van der Waals surface area contributed by atoms with Crippen LogP contribution < -0.4 is 0 Å². The van der Waals surface area contributed by atoms with Crippen molar-refractivity contribution in [3.05, 3.63) is 35.6 Å². The zero-order valence-electron chi connectivity index (χ0n) is 12.4. The van der Waals surface area contributed by atoms with E-state index in [4.69, 9.17) is 4.74 Å².